The Morgan fingerprint density at radius 1 is 1.19 bits per heavy atom. The first kappa shape index (κ1) is 15.1. The van der Waals surface area contributed by atoms with Gasteiger partial charge in [-0.1, -0.05) is 29.8 Å². The second-order valence-electron chi connectivity index (χ2n) is 4.97. The molecule has 0 saturated heterocycles. The molecule has 0 fully saturated rings. The quantitative estimate of drug-likeness (QED) is 0.886. The number of aliphatic carboxylic acids is 1. The summed E-state index contributed by atoms with van der Waals surface area (Å²) in [5, 5.41) is 8.94. The van der Waals surface area contributed by atoms with Crippen LogP contribution in [0.5, 0.6) is 5.75 Å². The Labute approximate surface area is 124 Å². The number of hydrogen-bond donors (Lipinski definition) is 2. The zero-order valence-electron chi connectivity index (χ0n) is 12.2. The van der Waals surface area contributed by atoms with E-state index in [4.69, 9.17) is 15.6 Å². The van der Waals surface area contributed by atoms with Crippen LogP contribution >= 0.6 is 0 Å². The van der Waals surface area contributed by atoms with E-state index in [1.54, 1.807) is 19.2 Å². The van der Waals surface area contributed by atoms with E-state index in [0.29, 0.717) is 12.3 Å². The fourth-order valence-corrected chi connectivity index (χ4v) is 2.40. The Hall–Kier alpha value is -2.33. The van der Waals surface area contributed by atoms with Gasteiger partial charge in [-0.25, -0.2) is 0 Å². The third-order valence-electron chi connectivity index (χ3n) is 3.39. The molecule has 21 heavy (non-hydrogen) atoms. The average Bonchev–Trinajstić information content (AvgIpc) is 2.46. The molecule has 0 heterocycles. The molecule has 3 N–H and O–H groups in total. The molecular weight excluding hydrogens is 266 g/mol. The van der Waals surface area contributed by atoms with Crippen LogP contribution in [0.1, 0.15) is 16.7 Å². The lowest BCUT2D eigenvalue weighted by Gasteiger charge is -2.14. The molecule has 0 spiro atoms. The van der Waals surface area contributed by atoms with E-state index in [2.05, 4.69) is 0 Å². The number of carbonyl (C=O) groups is 1. The van der Waals surface area contributed by atoms with Gasteiger partial charge < -0.3 is 15.6 Å². The van der Waals surface area contributed by atoms with Crippen LogP contribution in [0.25, 0.3) is 11.1 Å². The van der Waals surface area contributed by atoms with Crippen LogP contribution < -0.4 is 10.5 Å². The van der Waals surface area contributed by atoms with Gasteiger partial charge in [0, 0.05) is 12.1 Å². The van der Waals surface area contributed by atoms with Crippen molar-refractivity contribution in [3.05, 3.63) is 53.1 Å². The van der Waals surface area contributed by atoms with Crippen molar-refractivity contribution < 1.29 is 14.6 Å². The summed E-state index contributed by atoms with van der Waals surface area (Å²) in [5.74, 6) is -0.142. The van der Waals surface area contributed by atoms with Gasteiger partial charge in [0.25, 0.3) is 0 Å². The maximum absolute atomic E-state index is 10.9. The Morgan fingerprint density at radius 3 is 2.57 bits per heavy atom. The molecule has 2 aromatic carbocycles. The summed E-state index contributed by atoms with van der Waals surface area (Å²) in [6.07, 6.45) is -0.0131. The molecule has 2 aromatic rings. The van der Waals surface area contributed by atoms with Crippen LogP contribution in [0.2, 0.25) is 0 Å². The van der Waals surface area contributed by atoms with Crippen molar-refractivity contribution in [2.75, 3.05) is 7.11 Å². The molecule has 0 amide bonds. The Bertz CT molecular complexity index is 665. The van der Waals surface area contributed by atoms with Crippen LogP contribution in [0.4, 0.5) is 0 Å². The molecule has 2 rings (SSSR count). The molecule has 110 valence electrons. The Balaban J connectivity index is 2.57. The number of methoxy groups -OCH3 is 1. The molecule has 0 aliphatic heterocycles. The third-order valence-corrected chi connectivity index (χ3v) is 3.39. The molecule has 0 unspecified atom stereocenters. The number of nitrogens with two attached hydrogens (primary N) is 1. The monoisotopic (exact) mass is 285 g/mol. The van der Waals surface area contributed by atoms with Crippen molar-refractivity contribution >= 4 is 5.97 Å². The van der Waals surface area contributed by atoms with E-state index in [1.165, 1.54) is 0 Å². The van der Waals surface area contributed by atoms with Crippen LogP contribution in [0.3, 0.4) is 0 Å². The van der Waals surface area contributed by atoms with Crippen molar-refractivity contribution in [2.24, 2.45) is 5.73 Å². The summed E-state index contributed by atoms with van der Waals surface area (Å²) in [6.45, 7) is 2.43. The van der Waals surface area contributed by atoms with Gasteiger partial charge in [-0.2, -0.15) is 0 Å². The van der Waals surface area contributed by atoms with E-state index in [0.717, 1.165) is 27.8 Å². The molecule has 4 nitrogen and oxygen atoms in total. The van der Waals surface area contributed by atoms with Crippen molar-refractivity contribution in [3.8, 4) is 16.9 Å². The minimum atomic E-state index is -0.853. The van der Waals surface area contributed by atoms with Crippen LogP contribution in [0, 0.1) is 6.92 Å². The van der Waals surface area contributed by atoms with Crippen molar-refractivity contribution in [2.45, 2.75) is 19.9 Å². The van der Waals surface area contributed by atoms with E-state index >= 15 is 0 Å². The number of ether oxygens (including phenoxy) is 1. The van der Waals surface area contributed by atoms with Gasteiger partial charge in [-0.15, -0.1) is 0 Å². The molecule has 0 aromatic heterocycles. The maximum atomic E-state index is 10.9. The fourth-order valence-electron chi connectivity index (χ4n) is 2.40. The molecule has 0 aliphatic rings. The van der Waals surface area contributed by atoms with Gasteiger partial charge >= 0.3 is 5.97 Å². The zero-order chi connectivity index (χ0) is 15.4. The van der Waals surface area contributed by atoms with Crippen LogP contribution in [0.15, 0.2) is 36.4 Å². The standard InChI is InChI=1S/C17H19NO3/c1-11-3-5-14(13(7-11)10-18)15-8-12(9-17(19)20)4-6-16(15)21-2/h3-8H,9-10,18H2,1-2H3,(H,19,20). The zero-order valence-corrected chi connectivity index (χ0v) is 12.2. The molecule has 0 radical (unpaired) electrons. The van der Waals surface area contributed by atoms with E-state index in [-0.39, 0.29) is 6.42 Å². The summed E-state index contributed by atoms with van der Waals surface area (Å²) in [4.78, 5) is 10.9. The highest BCUT2D eigenvalue weighted by atomic mass is 16.5. The van der Waals surface area contributed by atoms with E-state index < -0.39 is 5.97 Å². The summed E-state index contributed by atoms with van der Waals surface area (Å²) in [5.41, 5.74) is 10.6. The normalized spacial score (nSPS) is 10.4. The minimum absolute atomic E-state index is 0.0131. The summed E-state index contributed by atoms with van der Waals surface area (Å²) in [7, 11) is 1.60. The largest absolute Gasteiger partial charge is 0.496 e. The number of carboxylic acids is 1. The molecule has 0 atom stereocenters. The van der Waals surface area contributed by atoms with Gasteiger partial charge in [-0.3, -0.25) is 4.79 Å². The molecular formula is C17H19NO3. The first-order valence-electron chi connectivity index (χ1n) is 6.74. The minimum Gasteiger partial charge on any atom is -0.496 e. The lowest BCUT2D eigenvalue weighted by atomic mass is 9.95. The summed E-state index contributed by atoms with van der Waals surface area (Å²) >= 11 is 0. The topological polar surface area (TPSA) is 72.5 Å². The number of benzene rings is 2. The SMILES string of the molecule is COc1ccc(CC(=O)O)cc1-c1ccc(C)cc1CN. The van der Waals surface area contributed by atoms with E-state index in [1.807, 2.05) is 31.2 Å². The van der Waals surface area contributed by atoms with E-state index in [9.17, 15) is 4.79 Å². The number of aryl methyl sites for hydroxylation is 1. The van der Waals surface area contributed by atoms with Gasteiger partial charge in [0.15, 0.2) is 0 Å². The van der Waals surface area contributed by atoms with Crippen LogP contribution in [-0.2, 0) is 17.8 Å². The highest BCUT2D eigenvalue weighted by Gasteiger charge is 2.12. The van der Waals surface area contributed by atoms with Crippen molar-refractivity contribution in [3.63, 3.8) is 0 Å². The van der Waals surface area contributed by atoms with Crippen molar-refractivity contribution in [1.82, 2.24) is 0 Å². The molecule has 0 bridgehead atoms. The van der Waals surface area contributed by atoms with Gasteiger partial charge in [0.2, 0.25) is 0 Å². The predicted molar refractivity (Wildman–Crippen MR) is 82.4 cm³/mol. The highest BCUT2D eigenvalue weighted by Crippen LogP contribution is 2.33. The highest BCUT2D eigenvalue weighted by molar-refractivity contribution is 5.77. The second kappa shape index (κ2) is 6.41. The molecule has 0 aliphatic carbocycles. The number of carboxylic acid groups (broad SMARTS) is 1. The average molecular weight is 285 g/mol. The summed E-state index contributed by atoms with van der Waals surface area (Å²) < 4.78 is 5.40. The number of rotatable bonds is 5. The lowest BCUT2D eigenvalue weighted by molar-refractivity contribution is -0.136. The Kier molecular flexibility index (Phi) is 4.60. The second-order valence-corrected chi connectivity index (χ2v) is 4.97. The smallest absolute Gasteiger partial charge is 0.307 e. The molecule has 0 saturated carbocycles. The van der Waals surface area contributed by atoms with Gasteiger partial charge in [-0.05, 0) is 35.7 Å². The predicted octanol–water partition coefficient (Wildman–Crippen LogP) is 2.76. The maximum Gasteiger partial charge on any atom is 0.307 e. The summed E-state index contributed by atoms with van der Waals surface area (Å²) in [6, 6.07) is 11.5. The number of hydrogen-bond acceptors (Lipinski definition) is 3. The Morgan fingerprint density at radius 2 is 1.95 bits per heavy atom. The molecule has 4 heteroatoms. The third kappa shape index (κ3) is 3.41. The van der Waals surface area contributed by atoms with Crippen LogP contribution in [-0.4, -0.2) is 18.2 Å². The lowest BCUT2D eigenvalue weighted by Crippen LogP contribution is -2.03. The van der Waals surface area contributed by atoms with Crippen molar-refractivity contribution in [1.29, 1.82) is 0 Å². The first-order chi connectivity index (χ1) is 10.0. The fraction of sp³-hybridized carbons (Fsp3) is 0.235. The first-order valence-corrected chi connectivity index (χ1v) is 6.74. The van der Waals surface area contributed by atoms with Gasteiger partial charge in [0.05, 0.1) is 13.5 Å². The van der Waals surface area contributed by atoms with Gasteiger partial charge in [0.1, 0.15) is 5.75 Å².